The Hall–Kier alpha value is 0.480. The largest absolute Gasteiger partial charge is 0.0925 e. The summed E-state index contributed by atoms with van der Waals surface area (Å²) >= 11 is 3.66. The highest BCUT2D eigenvalue weighted by Gasteiger charge is 2.59. The first-order valence-corrected chi connectivity index (χ1v) is 14.1. The van der Waals surface area contributed by atoms with Gasteiger partial charge in [-0.05, 0) is 110 Å². The summed E-state index contributed by atoms with van der Waals surface area (Å²) in [6.45, 7) is 10.5. The van der Waals surface area contributed by atoms with E-state index in [2.05, 4.69) is 43.6 Å². The molecule has 0 aliphatic heterocycles. The van der Waals surface area contributed by atoms with Gasteiger partial charge in [0.2, 0.25) is 0 Å². The second-order valence-electron chi connectivity index (χ2n) is 12.3. The predicted octanol–water partition coefficient (Wildman–Crippen LogP) is 8.87. The molecular weight excluding hydrogens is 404 g/mol. The SMILES string of the molecule is CC(CBr)CCC[C@@H](C)[C@H]1CC[C@H]2[C@@H]3CCC4CCCC[C@]4(C)[C@H]3CC[C@]12C. The Morgan fingerprint density at radius 1 is 0.821 bits per heavy atom. The fraction of sp³-hybridized carbons (Fsp3) is 1.00. The fourth-order valence-corrected chi connectivity index (χ4v) is 9.66. The molecule has 0 aromatic carbocycles. The third kappa shape index (κ3) is 3.67. The number of alkyl halides is 1. The van der Waals surface area contributed by atoms with Gasteiger partial charge in [-0.2, -0.15) is 0 Å². The van der Waals surface area contributed by atoms with Gasteiger partial charge in [0.05, 0.1) is 0 Å². The third-order valence-corrected chi connectivity index (χ3v) is 12.1. The van der Waals surface area contributed by atoms with Crippen LogP contribution < -0.4 is 0 Å². The van der Waals surface area contributed by atoms with Crippen LogP contribution in [0.5, 0.6) is 0 Å². The molecule has 4 aliphatic carbocycles. The van der Waals surface area contributed by atoms with Gasteiger partial charge in [-0.3, -0.25) is 0 Å². The van der Waals surface area contributed by atoms with Crippen molar-refractivity contribution in [3.8, 4) is 0 Å². The van der Waals surface area contributed by atoms with Gasteiger partial charge in [-0.1, -0.05) is 69.3 Å². The number of hydrogen-bond donors (Lipinski definition) is 0. The molecular formula is C27H47Br. The zero-order valence-corrected chi connectivity index (χ0v) is 20.9. The van der Waals surface area contributed by atoms with Gasteiger partial charge in [0, 0.05) is 5.33 Å². The summed E-state index contributed by atoms with van der Waals surface area (Å²) in [5, 5.41) is 1.17. The second-order valence-corrected chi connectivity index (χ2v) is 12.9. The Morgan fingerprint density at radius 3 is 2.39 bits per heavy atom. The number of halogens is 1. The molecule has 162 valence electrons. The minimum absolute atomic E-state index is 0.666. The lowest BCUT2D eigenvalue weighted by atomic mass is 9.44. The molecule has 2 unspecified atom stereocenters. The molecule has 0 spiro atoms. The van der Waals surface area contributed by atoms with Gasteiger partial charge in [0.25, 0.3) is 0 Å². The topological polar surface area (TPSA) is 0 Å². The van der Waals surface area contributed by atoms with Crippen molar-refractivity contribution < 1.29 is 0 Å². The monoisotopic (exact) mass is 450 g/mol. The van der Waals surface area contributed by atoms with Crippen molar-refractivity contribution in [2.24, 2.45) is 52.3 Å². The standard InChI is InChI=1S/C27H47Br/c1-19(18-28)8-7-9-20(2)23-13-14-24-22-12-11-21-10-5-6-16-26(21,3)25(22)15-17-27(23,24)4/h19-25H,5-18H2,1-4H3/t19?,20-,21?,22+,23-,24+,25+,26+,27-/m1/s1. The normalized spacial score (nSPS) is 47.7. The van der Waals surface area contributed by atoms with Crippen LogP contribution in [0.25, 0.3) is 0 Å². The maximum atomic E-state index is 3.66. The molecule has 1 heteroatoms. The molecule has 0 bridgehead atoms. The lowest BCUT2D eigenvalue weighted by Crippen LogP contribution is -2.53. The molecule has 0 N–H and O–H groups in total. The highest BCUT2D eigenvalue weighted by Crippen LogP contribution is 2.68. The number of hydrogen-bond acceptors (Lipinski definition) is 0. The first-order chi connectivity index (χ1) is 13.4. The zero-order chi connectivity index (χ0) is 19.9. The molecule has 0 aromatic heterocycles. The summed E-state index contributed by atoms with van der Waals surface area (Å²) in [5.74, 6) is 7.06. The Morgan fingerprint density at radius 2 is 1.61 bits per heavy atom. The van der Waals surface area contributed by atoms with Crippen molar-refractivity contribution in [1.82, 2.24) is 0 Å². The van der Waals surface area contributed by atoms with Crippen LogP contribution in [0.1, 0.15) is 111 Å². The first-order valence-electron chi connectivity index (χ1n) is 13.0. The summed E-state index contributed by atoms with van der Waals surface area (Å²) in [6, 6.07) is 0. The minimum atomic E-state index is 0.666. The Balaban J connectivity index is 1.43. The molecule has 9 atom stereocenters. The van der Waals surface area contributed by atoms with E-state index >= 15 is 0 Å². The Bertz CT molecular complexity index is 528. The predicted molar refractivity (Wildman–Crippen MR) is 126 cm³/mol. The number of rotatable bonds is 6. The molecule has 0 heterocycles. The van der Waals surface area contributed by atoms with E-state index in [-0.39, 0.29) is 0 Å². The highest BCUT2D eigenvalue weighted by atomic mass is 79.9. The zero-order valence-electron chi connectivity index (χ0n) is 19.3. The molecule has 0 amide bonds. The Kier molecular flexibility index (Phi) is 6.62. The van der Waals surface area contributed by atoms with Crippen LogP contribution in [0.4, 0.5) is 0 Å². The van der Waals surface area contributed by atoms with Crippen molar-refractivity contribution in [1.29, 1.82) is 0 Å². The van der Waals surface area contributed by atoms with E-state index in [1.54, 1.807) is 51.4 Å². The number of fused-ring (bicyclic) bond motifs is 5. The lowest BCUT2D eigenvalue weighted by molar-refractivity contribution is -0.114. The van der Waals surface area contributed by atoms with Crippen LogP contribution in [0.2, 0.25) is 0 Å². The summed E-state index contributed by atoms with van der Waals surface area (Å²) in [7, 11) is 0. The fourth-order valence-electron chi connectivity index (χ4n) is 9.34. The van der Waals surface area contributed by atoms with Crippen molar-refractivity contribution in [2.75, 3.05) is 5.33 Å². The van der Waals surface area contributed by atoms with Gasteiger partial charge >= 0.3 is 0 Å². The van der Waals surface area contributed by atoms with Crippen LogP contribution >= 0.6 is 15.9 Å². The minimum Gasteiger partial charge on any atom is -0.0925 e. The van der Waals surface area contributed by atoms with E-state index < -0.39 is 0 Å². The van der Waals surface area contributed by atoms with Gasteiger partial charge < -0.3 is 0 Å². The first kappa shape index (κ1) is 21.7. The van der Waals surface area contributed by atoms with Crippen molar-refractivity contribution >= 4 is 15.9 Å². The highest BCUT2D eigenvalue weighted by molar-refractivity contribution is 9.09. The molecule has 28 heavy (non-hydrogen) atoms. The average Bonchev–Trinajstić information content (AvgIpc) is 3.04. The quantitative estimate of drug-likeness (QED) is 0.354. The van der Waals surface area contributed by atoms with E-state index in [0.717, 1.165) is 41.4 Å². The summed E-state index contributed by atoms with van der Waals surface area (Å²) in [5.41, 5.74) is 1.37. The van der Waals surface area contributed by atoms with E-state index in [9.17, 15) is 0 Å². The van der Waals surface area contributed by atoms with Crippen molar-refractivity contribution in [2.45, 2.75) is 111 Å². The third-order valence-electron chi connectivity index (χ3n) is 11.0. The van der Waals surface area contributed by atoms with Crippen LogP contribution in [0.3, 0.4) is 0 Å². The van der Waals surface area contributed by atoms with E-state index in [0.29, 0.717) is 10.8 Å². The average molecular weight is 452 g/mol. The molecule has 4 saturated carbocycles. The second kappa shape index (κ2) is 8.55. The summed E-state index contributed by atoms with van der Waals surface area (Å²) in [6.07, 6.45) is 19.8. The van der Waals surface area contributed by atoms with E-state index in [1.165, 1.54) is 37.4 Å². The van der Waals surface area contributed by atoms with Crippen molar-refractivity contribution in [3.63, 3.8) is 0 Å². The maximum absolute atomic E-state index is 3.66. The van der Waals surface area contributed by atoms with Crippen LogP contribution in [-0.4, -0.2) is 5.33 Å². The Labute approximate surface area is 184 Å². The van der Waals surface area contributed by atoms with Gasteiger partial charge in [0.1, 0.15) is 0 Å². The van der Waals surface area contributed by atoms with Gasteiger partial charge in [0.15, 0.2) is 0 Å². The van der Waals surface area contributed by atoms with Gasteiger partial charge in [-0.15, -0.1) is 0 Å². The molecule has 0 saturated heterocycles. The van der Waals surface area contributed by atoms with Crippen LogP contribution in [0, 0.1) is 52.3 Å². The molecule has 0 nitrogen and oxygen atoms in total. The molecule has 4 rings (SSSR count). The summed E-state index contributed by atoms with van der Waals surface area (Å²) in [4.78, 5) is 0. The molecule has 4 fully saturated rings. The molecule has 4 aliphatic rings. The van der Waals surface area contributed by atoms with Gasteiger partial charge in [-0.25, -0.2) is 0 Å². The molecule has 0 radical (unpaired) electrons. The van der Waals surface area contributed by atoms with Crippen LogP contribution in [-0.2, 0) is 0 Å². The van der Waals surface area contributed by atoms with E-state index in [4.69, 9.17) is 0 Å². The maximum Gasteiger partial charge on any atom is 0.00570 e. The van der Waals surface area contributed by atoms with Crippen molar-refractivity contribution in [3.05, 3.63) is 0 Å². The lowest BCUT2D eigenvalue weighted by Gasteiger charge is -2.61. The molecule has 0 aromatic rings. The van der Waals surface area contributed by atoms with E-state index in [1.807, 2.05) is 0 Å². The summed E-state index contributed by atoms with van der Waals surface area (Å²) < 4.78 is 0. The smallest absolute Gasteiger partial charge is 0.00570 e. The van der Waals surface area contributed by atoms with Crippen LogP contribution in [0.15, 0.2) is 0 Å².